The number of allylic oxidation sites excluding steroid dienone is 23. The molecule has 81 heavy (non-hydrogen) atoms. The Morgan fingerprint density at radius 2 is 0.802 bits per heavy atom. The predicted octanol–water partition coefficient (Wildman–Crippen LogP) is 20.2. The highest BCUT2D eigenvalue weighted by atomic mass is 31.2. The van der Waals surface area contributed by atoms with Gasteiger partial charge >= 0.3 is 13.8 Å². The van der Waals surface area contributed by atoms with E-state index in [9.17, 15) is 19.0 Å². The SMILES string of the molecule is CC/C=C\C/C=C\C/C=C\C/C=C\C/C=C\C/C=C\CCC(=O)OC(/C=C\CCCCCCCCCCCCC)C(COP(=O)(O)OCC[N+](C)(C)C)NC(=O)CCCCCCCCC/C=C\C/C=C\C/C=C\C/C=C\C/C=C\CC. The Hall–Kier alpha value is -4.11. The summed E-state index contributed by atoms with van der Waals surface area (Å²) in [6, 6.07) is -0.897. The minimum Gasteiger partial charge on any atom is -0.456 e. The van der Waals surface area contributed by atoms with Gasteiger partial charge in [0.05, 0.1) is 33.8 Å². The number of nitrogens with one attached hydrogen (secondary N) is 1. The van der Waals surface area contributed by atoms with Gasteiger partial charge in [-0.1, -0.05) is 257 Å². The van der Waals surface area contributed by atoms with E-state index >= 15 is 0 Å². The van der Waals surface area contributed by atoms with Crippen LogP contribution in [0.1, 0.15) is 239 Å². The molecule has 460 valence electrons. The van der Waals surface area contributed by atoms with Crippen LogP contribution in [-0.4, -0.2) is 74.3 Å². The quantitative estimate of drug-likeness (QED) is 0.0205. The summed E-state index contributed by atoms with van der Waals surface area (Å²) < 4.78 is 30.7. The molecule has 0 aromatic rings. The number of rotatable bonds is 56. The maximum atomic E-state index is 13.6. The Labute approximate surface area is 498 Å². The van der Waals surface area contributed by atoms with Gasteiger partial charge in [-0.15, -0.1) is 0 Å². The van der Waals surface area contributed by atoms with E-state index in [-0.39, 0.29) is 25.5 Å². The molecular formula is C71H120N2O7P+. The smallest absolute Gasteiger partial charge is 0.456 e. The summed E-state index contributed by atoms with van der Waals surface area (Å²) >= 11 is 0. The zero-order valence-electron chi connectivity index (χ0n) is 52.5. The van der Waals surface area contributed by atoms with Crippen molar-refractivity contribution in [1.82, 2.24) is 5.32 Å². The number of likely N-dealkylation sites (N-methyl/N-ethyl adjacent to an activating group) is 1. The lowest BCUT2D eigenvalue weighted by atomic mass is 10.0. The standard InChI is InChI=1S/C71H119N2O7P/c1-7-10-13-16-19-22-25-28-30-32-34-35-36-37-39-40-42-45-48-51-54-57-60-63-70(74)72-68(67-79-81(76,77)78-66-65-73(4,5)6)69(62-59-56-53-50-47-44-27-24-21-18-15-12-9-3)80-71(75)64-61-58-55-52-49-46-43-41-38-33-31-29-26-23-20-17-14-11-8-2/h10-11,13-14,19-20,22-23,28-31,34-35,37-39,41,46,49,55,58-59,62,68-69H,7-9,12,15-18,21,24-27,32-33,36,40,42-45,47-48,50-54,56-57,60-61,63-67H2,1-6H3,(H-,72,74,76,77)/p+1/b13-10-,14-11-,22-19-,23-20-,30-28-,31-29-,35-34-,39-37-,41-38-,49-46-,58-55-,62-59-. The van der Waals surface area contributed by atoms with Crippen LogP contribution < -0.4 is 5.32 Å². The third kappa shape index (κ3) is 60.3. The fourth-order valence-corrected chi connectivity index (χ4v) is 9.14. The molecule has 0 aliphatic heterocycles. The molecule has 1 amide bonds. The molecule has 0 rings (SSSR count). The number of phosphoric acid groups is 1. The molecule has 3 atom stereocenters. The van der Waals surface area contributed by atoms with Gasteiger partial charge in [-0.2, -0.15) is 0 Å². The van der Waals surface area contributed by atoms with Gasteiger partial charge in [-0.25, -0.2) is 4.57 Å². The van der Waals surface area contributed by atoms with E-state index in [1.54, 1.807) is 0 Å². The monoisotopic (exact) mass is 1140 g/mol. The van der Waals surface area contributed by atoms with Gasteiger partial charge in [0.25, 0.3) is 0 Å². The molecule has 0 radical (unpaired) electrons. The van der Waals surface area contributed by atoms with Gasteiger partial charge in [0.2, 0.25) is 5.91 Å². The Kier molecular flexibility index (Phi) is 56.1. The van der Waals surface area contributed by atoms with E-state index < -0.39 is 25.9 Å². The van der Waals surface area contributed by atoms with E-state index in [0.29, 0.717) is 23.9 Å². The van der Waals surface area contributed by atoms with Crippen molar-refractivity contribution in [3.05, 3.63) is 146 Å². The van der Waals surface area contributed by atoms with Crippen molar-refractivity contribution in [3.8, 4) is 0 Å². The molecule has 0 aliphatic rings. The Balaban J connectivity index is 5.38. The van der Waals surface area contributed by atoms with E-state index in [1.807, 2.05) is 39.4 Å². The number of nitrogens with zero attached hydrogens (tertiary/aromatic N) is 1. The highest BCUT2D eigenvalue weighted by molar-refractivity contribution is 7.47. The summed E-state index contributed by atoms with van der Waals surface area (Å²) in [6.07, 6.45) is 85.7. The van der Waals surface area contributed by atoms with Gasteiger partial charge < -0.3 is 19.4 Å². The second kappa shape index (κ2) is 59.1. The molecule has 0 aromatic heterocycles. The van der Waals surface area contributed by atoms with Crippen LogP contribution in [0, 0.1) is 0 Å². The number of ether oxygens (including phenoxy) is 1. The molecule has 9 nitrogen and oxygen atoms in total. The highest BCUT2D eigenvalue weighted by Gasteiger charge is 2.30. The van der Waals surface area contributed by atoms with Gasteiger partial charge in [-0.05, 0) is 115 Å². The topological polar surface area (TPSA) is 111 Å². The first-order valence-corrected chi connectivity index (χ1v) is 33.7. The number of esters is 1. The summed E-state index contributed by atoms with van der Waals surface area (Å²) in [7, 11) is 1.43. The molecular weight excluding hydrogens is 1020 g/mol. The van der Waals surface area contributed by atoms with Gasteiger partial charge in [0.1, 0.15) is 19.3 Å². The van der Waals surface area contributed by atoms with Crippen molar-refractivity contribution in [1.29, 1.82) is 0 Å². The van der Waals surface area contributed by atoms with E-state index in [4.69, 9.17) is 13.8 Å². The van der Waals surface area contributed by atoms with Gasteiger partial charge in [-0.3, -0.25) is 18.6 Å². The third-order valence-electron chi connectivity index (χ3n) is 13.3. The molecule has 0 spiro atoms. The minimum atomic E-state index is -4.48. The number of amides is 1. The minimum absolute atomic E-state index is 0.0183. The second-order valence-corrected chi connectivity index (χ2v) is 23.6. The number of unbranched alkanes of at least 4 members (excludes halogenated alkanes) is 18. The normalized spacial score (nSPS) is 14.6. The van der Waals surface area contributed by atoms with Gasteiger partial charge in [0.15, 0.2) is 0 Å². The van der Waals surface area contributed by atoms with Crippen molar-refractivity contribution >= 4 is 19.7 Å². The average molecular weight is 1140 g/mol. The van der Waals surface area contributed by atoms with Crippen LogP contribution in [0.5, 0.6) is 0 Å². The zero-order chi connectivity index (χ0) is 59.3. The van der Waals surface area contributed by atoms with Crippen LogP contribution in [0.3, 0.4) is 0 Å². The summed E-state index contributed by atoms with van der Waals surface area (Å²) in [4.78, 5) is 37.8. The Morgan fingerprint density at radius 3 is 1.21 bits per heavy atom. The van der Waals surface area contributed by atoms with E-state index in [2.05, 4.69) is 154 Å². The average Bonchev–Trinajstić information content (AvgIpc) is 3.44. The van der Waals surface area contributed by atoms with Crippen LogP contribution in [0.15, 0.2) is 146 Å². The maximum absolute atomic E-state index is 13.6. The number of hydrogen-bond acceptors (Lipinski definition) is 6. The van der Waals surface area contributed by atoms with Crippen molar-refractivity contribution < 1.29 is 37.3 Å². The number of carbonyl (C=O) groups excluding carboxylic acids is 2. The van der Waals surface area contributed by atoms with Crippen LogP contribution >= 0.6 is 7.82 Å². The first kappa shape index (κ1) is 76.9. The van der Waals surface area contributed by atoms with E-state index in [0.717, 1.165) is 122 Å². The van der Waals surface area contributed by atoms with Crippen molar-refractivity contribution in [2.75, 3.05) is 40.9 Å². The summed E-state index contributed by atoms with van der Waals surface area (Å²) in [5, 5.41) is 3.03. The Bertz CT molecular complexity index is 1890. The lowest BCUT2D eigenvalue weighted by Gasteiger charge is -2.27. The summed E-state index contributed by atoms with van der Waals surface area (Å²) in [6.45, 7) is 6.71. The van der Waals surface area contributed by atoms with Crippen molar-refractivity contribution in [3.63, 3.8) is 0 Å². The third-order valence-corrected chi connectivity index (χ3v) is 14.3. The fourth-order valence-electron chi connectivity index (χ4n) is 8.40. The molecule has 0 aliphatic carbocycles. The predicted molar refractivity (Wildman–Crippen MR) is 350 cm³/mol. The summed E-state index contributed by atoms with van der Waals surface area (Å²) in [5.41, 5.74) is 0. The summed E-state index contributed by atoms with van der Waals surface area (Å²) in [5.74, 6) is -0.625. The van der Waals surface area contributed by atoms with Crippen molar-refractivity contribution in [2.45, 2.75) is 251 Å². The lowest BCUT2D eigenvalue weighted by Crippen LogP contribution is -2.47. The molecule has 0 heterocycles. The Morgan fingerprint density at radius 1 is 0.444 bits per heavy atom. The molecule has 0 aromatic carbocycles. The van der Waals surface area contributed by atoms with E-state index in [1.165, 1.54) is 77.0 Å². The molecule has 0 bridgehead atoms. The molecule has 2 N–H and O–H groups in total. The highest BCUT2D eigenvalue weighted by Crippen LogP contribution is 2.43. The lowest BCUT2D eigenvalue weighted by molar-refractivity contribution is -0.870. The molecule has 0 saturated heterocycles. The van der Waals surface area contributed by atoms with Crippen LogP contribution in [0.2, 0.25) is 0 Å². The van der Waals surface area contributed by atoms with Crippen LogP contribution in [0.4, 0.5) is 0 Å². The first-order valence-electron chi connectivity index (χ1n) is 32.2. The number of phosphoric ester groups is 1. The second-order valence-electron chi connectivity index (χ2n) is 22.2. The number of hydrogen-bond donors (Lipinski definition) is 2. The van der Waals surface area contributed by atoms with Crippen LogP contribution in [0.25, 0.3) is 0 Å². The molecule has 0 saturated carbocycles. The van der Waals surface area contributed by atoms with Gasteiger partial charge in [0, 0.05) is 12.8 Å². The first-order chi connectivity index (χ1) is 39.4. The molecule has 0 fully saturated rings. The number of quaternary nitrogens is 1. The molecule has 3 unspecified atom stereocenters. The largest absolute Gasteiger partial charge is 0.472 e. The van der Waals surface area contributed by atoms with Crippen LogP contribution in [-0.2, 0) is 27.9 Å². The molecule has 10 heteroatoms. The maximum Gasteiger partial charge on any atom is 0.472 e. The fraction of sp³-hybridized carbons (Fsp3) is 0.634. The number of carbonyl (C=O) groups is 2. The zero-order valence-corrected chi connectivity index (χ0v) is 53.4. The van der Waals surface area contributed by atoms with Crippen molar-refractivity contribution in [2.24, 2.45) is 0 Å².